The molecule has 10 fully saturated rings. The minimum Gasteiger partial charge on any atom is -0.443 e. The van der Waals surface area contributed by atoms with E-state index >= 15 is 0 Å². The number of carbonyl (C=O) groups is 1. The van der Waals surface area contributed by atoms with E-state index < -0.39 is 6.10 Å². The number of morpholine rings is 1. The number of ether oxygens (including phenoxy) is 4. The number of fused-ring (bicyclic) bond motifs is 4. The number of aliphatic hydroxyl groups excluding tert-OH is 1. The molecular weight excluding hydrogens is 691 g/mol. The molecule has 10 rings (SSSR count). The second-order valence-corrected chi connectivity index (χ2v) is 22.4. The molecule has 2 spiro atoms. The summed E-state index contributed by atoms with van der Waals surface area (Å²) in [6.07, 6.45) is 12.0. The number of hydrogen-bond donors (Lipinski definition) is 1. The highest BCUT2D eigenvalue weighted by Gasteiger charge is 2.88. The fourth-order valence-corrected chi connectivity index (χ4v) is 16.8. The van der Waals surface area contributed by atoms with Crippen LogP contribution >= 0.6 is 0 Å². The van der Waals surface area contributed by atoms with Crippen LogP contribution in [0.3, 0.4) is 0 Å². The zero-order chi connectivity index (χ0) is 38.4. The van der Waals surface area contributed by atoms with Crippen LogP contribution < -0.4 is 0 Å². The Morgan fingerprint density at radius 1 is 0.836 bits per heavy atom. The molecular formula is C46H75N3O6. The summed E-state index contributed by atoms with van der Waals surface area (Å²) in [7, 11) is 0. The lowest BCUT2D eigenvalue weighted by Gasteiger charge is -2.64. The Kier molecular flexibility index (Phi) is 9.05. The van der Waals surface area contributed by atoms with Crippen LogP contribution in [-0.4, -0.2) is 121 Å². The van der Waals surface area contributed by atoms with Gasteiger partial charge in [-0.3, -0.25) is 9.80 Å². The van der Waals surface area contributed by atoms with Gasteiger partial charge in [0.25, 0.3) is 0 Å². The van der Waals surface area contributed by atoms with E-state index in [9.17, 15) is 9.90 Å². The van der Waals surface area contributed by atoms with E-state index in [1.165, 1.54) is 64.5 Å². The molecule has 55 heavy (non-hydrogen) atoms. The van der Waals surface area contributed by atoms with Crippen LogP contribution in [-0.2, 0) is 18.9 Å². The summed E-state index contributed by atoms with van der Waals surface area (Å²) in [5.41, 5.74) is 0.436. The highest BCUT2D eigenvalue weighted by atomic mass is 16.7. The molecule has 15 unspecified atom stereocenters. The highest BCUT2D eigenvalue weighted by Crippen LogP contribution is 2.91. The Balaban J connectivity index is 0.853. The van der Waals surface area contributed by atoms with Crippen LogP contribution in [0.1, 0.15) is 126 Å². The molecule has 1 N–H and O–H groups in total. The van der Waals surface area contributed by atoms with Crippen molar-refractivity contribution >= 4 is 6.09 Å². The van der Waals surface area contributed by atoms with Crippen molar-refractivity contribution in [3.8, 4) is 0 Å². The number of likely N-dealkylation sites (tertiary alicyclic amines) is 2. The van der Waals surface area contributed by atoms with Crippen molar-refractivity contribution in [3.05, 3.63) is 0 Å². The summed E-state index contributed by atoms with van der Waals surface area (Å²) in [6, 6.07) is 1.52. The van der Waals surface area contributed by atoms with Crippen molar-refractivity contribution in [1.82, 2.24) is 14.7 Å². The fourth-order valence-electron chi connectivity index (χ4n) is 16.8. The second kappa shape index (κ2) is 13.0. The zero-order valence-corrected chi connectivity index (χ0v) is 35.6. The average Bonchev–Trinajstić information content (AvgIpc) is 3.54. The maximum absolute atomic E-state index is 13.0. The third kappa shape index (κ3) is 5.07. The van der Waals surface area contributed by atoms with Crippen LogP contribution in [0, 0.1) is 62.6 Å². The van der Waals surface area contributed by atoms with E-state index in [1.807, 2.05) is 4.90 Å². The van der Waals surface area contributed by atoms with Crippen molar-refractivity contribution in [2.45, 2.75) is 175 Å². The first kappa shape index (κ1) is 38.2. The lowest BCUT2D eigenvalue weighted by Crippen LogP contribution is -2.66. The fraction of sp³-hybridized carbons (Fsp3) is 0.978. The van der Waals surface area contributed by atoms with E-state index in [-0.39, 0.29) is 64.4 Å². The maximum atomic E-state index is 13.0. The Bertz CT molecular complexity index is 1500. The molecule has 9 nitrogen and oxygen atoms in total. The summed E-state index contributed by atoms with van der Waals surface area (Å²) in [4.78, 5) is 20.2. The largest absolute Gasteiger partial charge is 0.443 e. The predicted octanol–water partition coefficient (Wildman–Crippen LogP) is 7.19. The second-order valence-electron chi connectivity index (χ2n) is 22.4. The van der Waals surface area contributed by atoms with E-state index in [2.05, 4.69) is 65.2 Å². The van der Waals surface area contributed by atoms with E-state index in [0.717, 1.165) is 58.1 Å². The molecule has 10 aliphatic rings. The number of carbonyl (C=O) groups excluding carboxylic acids is 1. The molecule has 9 heteroatoms. The predicted molar refractivity (Wildman–Crippen MR) is 211 cm³/mol. The van der Waals surface area contributed by atoms with Gasteiger partial charge in [0.15, 0.2) is 6.29 Å². The standard InChI is InChI=1S/C46H75N3O6/c1-27(2)38(55-41(51)47-19-10-20-47)32-23-28(3)37-39(53-32)40(50)44(8)34-14-13-33-42(5,6)35(15-16-45(33)29(4)46(34,45)18-17-43(37,44)7)54-36-26-48(21-22-52-36)31-24-49(25-31)30-11-9-12-30/h27-40,50H,9-26H2,1-8H3. The van der Waals surface area contributed by atoms with Gasteiger partial charge < -0.3 is 29.0 Å². The topological polar surface area (TPSA) is 83.9 Å². The van der Waals surface area contributed by atoms with Gasteiger partial charge in [0.05, 0.1) is 31.0 Å². The van der Waals surface area contributed by atoms with Gasteiger partial charge in [0.1, 0.15) is 6.10 Å². The third-order valence-corrected chi connectivity index (χ3v) is 20.2. The summed E-state index contributed by atoms with van der Waals surface area (Å²) < 4.78 is 26.8. The van der Waals surface area contributed by atoms with Gasteiger partial charge >= 0.3 is 6.09 Å². The minimum absolute atomic E-state index is 0.00470. The number of rotatable bonds is 7. The quantitative estimate of drug-likeness (QED) is 0.292. The van der Waals surface area contributed by atoms with E-state index in [4.69, 9.17) is 18.9 Å². The first-order valence-corrected chi connectivity index (χ1v) is 23.2. The normalized spacial score (nSPS) is 51.3. The summed E-state index contributed by atoms with van der Waals surface area (Å²) in [5, 5.41) is 12.9. The van der Waals surface area contributed by atoms with E-state index in [1.54, 1.807) is 0 Å². The first-order valence-electron chi connectivity index (χ1n) is 23.2. The SMILES string of the molecule is CC(C)C(OC(=O)N1CCC1)C1CC(C)C2C(O1)C(O)C1(C)C3CCC4C(C)(C)C(OC5CN(C6CN(C7CCC7)C6)CCO5)CCC45C(C)C35CCC21C. The molecule has 4 saturated heterocycles. The van der Waals surface area contributed by atoms with Crippen molar-refractivity contribution in [2.75, 3.05) is 45.9 Å². The average molecular weight is 766 g/mol. The molecule has 6 aliphatic carbocycles. The molecule has 6 saturated carbocycles. The highest BCUT2D eigenvalue weighted by molar-refractivity contribution is 5.68. The van der Waals surface area contributed by atoms with Crippen LogP contribution in [0.5, 0.6) is 0 Å². The van der Waals surface area contributed by atoms with Crippen LogP contribution in [0.2, 0.25) is 0 Å². The van der Waals surface area contributed by atoms with Crippen molar-refractivity contribution in [2.24, 2.45) is 62.6 Å². The Hall–Kier alpha value is -0.970. The van der Waals surface area contributed by atoms with Crippen molar-refractivity contribution < 1.29 is 28.8 Å². The van der Waals surface area contributed by atoms with Gasteiger partial charge in [-0.05, 0) is 121 Å². The zero-order valence-electron chi connectivity index (χ0n) is 35.6. The monoisotopic (exact) mass is 766 g/mol. The smallest absolute Gasteiger partial charge is 0.410 e. The van der Waals surface area contributed by atoms with Gasteiger partial charge in [0, 0.05) is 56.8 Å². The molecule has 310 valence electrons. The maximum Gasteiger partial charge on any atom is 0.410 e. The van der Waals surface area contributed by atoms with Gasteiger partial charge in [-0.2, -0.15) is 0 Å². The number of hydrogen-bond acceptors (Lipinski definition) is 8. The number of amides is 1. The molecule has 1 amide bonds. The first-order chi connectivity index (χ1) is 26.2. The Morgan fingerprint density at radius 3 is 2.24 bits per heavy atom. The van der Waals surface area contributed by atoms with E-state index in [0.29, 0.717) is 41.0 Å². The lowest BCUT2D eigenvalue weighted by atomic mass is 9.41. The number of nitrogens with zero attached hydrogens (tertiary/aromatic N) is 3. The lowest BCUT2D eigenvalue weighted by molar-refractivity contribution is -0.254. The Morgan fingerprint density at radius 2 is 1.56 bits per heavy atom. The number of aliphatic hydroxyl groups is 1. The van der Waals surface area contributed by atoms with Gasteiger partial charge in [0.2, 0.25) is 0 Å². The molecule has 15 atom stereocenters. The van der Waals surface area contributed by atoms with Crippen LogP contribution in [0.4, 0.5) is 4.79 Å². The third-order valence-electron chi connectivity index (χ3n) is 20.2. The molecule has 0 aromatic rings. The summed E-state index contributed by atoms with van der Waals surface area (Å²) >= 11 is 0. The van der Waals surface area contributed by atoms with Crippen molar-refractivity contribution in [1.29, 1.82) is 0 Å². The minimum atomic E-state index is -0.522. The van der Waals surface area contributed by atoms with Gasteiger partial charge in [-0.25, -0.2) is 4.79 Å². The Labute approximate surface area is 332 Å². The van der Waals surface area contributed by atoms with Gasteiger partial charge in [-0.15, -0.1) is 0 Å². The van der Waals surface area contributed by atoms with Crippen molar-refractivity contribution in [3.63, 3.8) is 0 Å². The molecule has 4 heterocycles. The van der Waals surface area contributed by atoms with Gasteiger partial charge in [-0.1, -0.05) is 61.8 Å². The molecule has 0 bridgehead atoms. The molecule has 0 aromatic heterocycles. The summed E-state index contributed by atoms with van der Waals surface area (Å²) in [6.45, 7) is 26.2. The van der Waals surface area contributed by atoms with Crippen LogP contribution in [0.15, 0.2) is 0 Å². The molecule has 0 radical (unpaired) electrons. The molecule has 0 aromatic carbocycles. The summed E-state index contributed by atoms with van der Waals surface area (Å²) in [5.74, 6) is 2.60. The molecule has 4 aliphatic heterocycles. The van der Waals surface area contributed by atoms with Crippen LogP contribution in [0.25, 0.3) is 0 Å².